The van der Waals surface area contributed by atoms with Crippen LogP contribution in [0.3, 0.4) is 0 Å². The summed E-state index contributed by atoms with van der Waals surface area (Å²) in [5.41, 5.74) is 8.65. The Hall–Kier alpha value is -2.66. The number of ether oxygens (including phenoxy) is 1. The molecule has 2 aromatic carbocycles. The summed E-state index contributed by atoms with van der Waals surface area (Å²) in [4.78, 5) is 22.9. The molecule has 1 unspecified atom stereocenters. The summed E-state index contributed by atoms with van der Waals surface area (Å²) >= 11 is 0. The number of carboxylic acid groups (broad SMARTS) is 1. The van der Waals surface area contributed by atoms with Crippen LogP contribution in [0.4, 0.5) is 0 Å². The molecule has 126 valence electrons. The lowest BCUT2D eigenvalue weighted by atomic mass is 9.98. The van der Waals surface area contributed by atoms with Crippen molar-refractivity contribution in [1.29, 1.82) is 0 Å². The molecule has 2 rings (SSSR count). The number of esters is 1. The maximum absolute atomic E-state index is 12.0. The second kappa shape index (κ2) is 7.75. The standard InChI is InChI=1S/C19H21NO4/c1-12(2)24-19(23)16-8-4-7-15(11-16)14-6-3-5-13(9-14)10-17(20)18(21)22/h3-9,11-12,17H,10,20H2,1-2H3,(H,21,22). The highest BCUT2D eigenvalue weighted by molar-refractivity contribution is 5.91. The molecule has 5 heteroatoms. The third kappa shape index (κ3) is 4.67. The van der Waals surface area contributed by atoms with Crippen molar-refractivity contribution in [2.75, 3.05) is 0 Å². The van der Waals surface area contributed by atoms with Gasteiger partial charge in [0.1, 0.15) is 6.04 Å². The van der Waals surface area contributed by atoms with Gasteiger partial charge in [0.25, 0.3) is 0 Å². The maximum atomic E-state index is 12.0. The number of benzene rings is 2. The minimum atomic E-state index is -1.03. The summed E-state index contributed by atoms with van der Waals surface area (Å²) < 4.78 is 5.21. The van der Waals surface area contributed by atoms with Gasteiger partial charge < -0.3 is 15.6 Å². The second-order valence-corrected chi connectivity index (χ2v) is 5.88. The lowest BCUT2D eigenvalue weighted by molar-refractivity contribution is -0.138. The van der Waals surface area contributed by atoms with Crippen LogP contribution in [0, 0.1) is 0 Å². The third-order valence-electron chi connectivity index (χ3n) is 3.47. The Morgan fingerprint density at radius 3 is 2.33 bits per heavy atom. The maximum Gasteiger partial charge on any atom is 0.338 e. The van der Waals surface area contributed by atoms with Gasteiger partial charge in [0.15, 0.2) is 0 Å². The first-order valence-corrected chi connectivity index (χ1v) is 7.75. The molecule has 2 aromatic rings. The molecule has 0 bridgehead atoms. The van der Waals surface area contributed by atoms with E-state index in [1.165, 1.54) is 0 Å². The number of carbonyl (C=O) groups is 2. The van der Waals surface area contributed by atoms with Crippen LogP contribution in [0.2, 0.25) is 0 Å². The number of carbonyl (C=O) groups excluding carboxylic acids is 1. The van der Waals surface area contributed by atoms with E-state index in [-0.39, 0.29) is 18.5 Å². The van der Waals surface area contributed by atoms with E-state index in [0.717, 1.165) is 16.7 Å². The summed E-state index contributed by atoms with van der Waals surface area (Å²) in [7, 11) is 0. The fraction of sp³-hybridized carbons (Fsp3) is 0.263. The highest BCUT2D eigenvalue weighted by Crippen LogP contribution is 2.22. The van der Waals surface area contributed by atoms with E-state index >= 15 is 0 Å². The van der Waals surface area contributed by atoms with Crippen LogP contribution in [0.1, 0.15) is 29.8 Å². The summed E-state index contributed by atoms with van der Waals surface area (Å²) in [6.07, 6.45) is 0.0696. The SMILES string of the molecule is CC(C)OC(=O)c1cccc(-c2cccc(CC(N)C(=O)O)c2)c1. The normalized spacial score (nSPS) is 12.0. The smallest absolute Gasteiger partial charge is 0.338 e. The van der Waals surface area contributed by atoms with Gasteiger partial charge >= 0.3 is 11.9 Å². The van der Waals surface area contributed by atoms with Crippen molar-refractivity contribution in [3.8, 4) is 11.1 Å². The van der Waals surface area contributed by atoms with E-state index in [1.807, 2.05) is 30.3 Å². The van der Waals surface area contributed by atoms with Gasteiger partial charge in [0, 0.05) is 0 Å². The first-order valence-electron chi connectivity index (χ1n) is 7.75. The predicted molar refractivity (Wildman–Crippen MR) is 91.7 cm³/mol. The van der Waals surface area contributed by atoms with Crippen LogP contribution in [0.5, 0.6) is 0 Å². The summed E-state index contributed by atoms with van der Waals surface area (Å²) in [6.45, 7) is 3.60. The van der Waals surface area contributed by atoms with E-state index in [2.05, 4.69) is 0 Å². The Balaban J connectivity index is 2.25. The minimum absolute atomic E-state index is 0.179. The first-order chi connectivity index (χ1) is 11.4. The Bertz CT molecular complexity index is 740. The molecule has 0 radical (unpaired) electrons. The Kier molecular flexibility index (Phi) is 5.71. The number of nitrogens with two attached hydrogens (primary N) is 1. The molecule has 0 amide bonds. The molecule has 0 spiro atoms. The van der Waals surface area contributed by atoms with Gasteiger partial charge in [-0.05, 0) is 49.1 Å². The Morgan fingerprint density at radius 2 is 1.71 bits per heavy atom. The lowest BCUT2D eigenvalue weighted by Gasteiger charge is -2.11. The van der Waals surface area contributed by atoms with Crippen molar-refractivity contribution < 1.29 is 19.4 Å². The zero-order valence-corrected chi connectivity index (χ0v) is 13.7. The Labute approximate surface area is 141 Å². The number of aliphatic carboxylic acids is 1. The van der Waals surface area contributed by atoms with Crippen LogP contribution >= 0.6 is 0 Å². The van der Waals surface area contributed by atoms with Gasteiger partial charge in [-0.1, -0.05) is 36.4 Å². The molecule has 1 atom stereocenters. The molecule has 0 aromatic heterocycles. The monoisotopic (exact) mass is 327 g/mol. The molecule has 0 fully saturated rings. The zero-order chi connectivity index (χ0) is 17.7. The predicted octanol–water partition coefficient (Wildman–Crippen LogP) is 2.87. The van der Waals surface area contributed by atoms with Gasteiger partial charge in [-0.25, -0.2) is 4.79 Å². The van der Waals surface area contributed by atoms with E-state index in [1.54, 1.807) is 32.0 Å². The number of carboxylic acids is 1. The Morgan fingerprint density at radius 1 is 1.08 bits per heavy atom. The summed E-state index contributed by atoms with van der Waals surface area (Å²) in [6, 6.07) is 13.7. The second-order valence-electron chi connectivity index (χ2n) is 5.88. The molecule has 0 heterocycles. The van der Waals surface area contributed by atoms with Crippen molar-refractivity contribution in [2.45, 2.75) is 32.4 Å². The first kappa shape index (κ1) is 17.7. The fourth-order valence-corrected chi connectivity index (χ4v) is 2.33. The quantitative estimate of drug-likeness (QED) is 0.796. The molecule has 3 N–H and O–H groups in total. The molecule has 0 saturated heterocycles. The molecule has 5 nitrogen and oxygen atoms in total. The molecule has 0 aliphatic carbocycles. The topological polar surface area (TPSA) is 89.6 Å². The van der Waals surface area contributed by atoms with Gasteiger partial charge in [0.05, 0.1) is 11.7 Å². The van der Waals surface area contributed by atoms with Gasteiger partial charge in [-0.15, -0.1) is 0 Å². The third-order valence-corrected chi connectivity index (χ3v) is 3.47. The summed E-state index contributed by atoms with van der Waals surface area (Å²) in [5.74, 6) is -1.39. The van der Waals surface area contributed by atoms with Crippen molar-refractivity contribution in [3.63, 3.8) is 0 Å². The zero-order valence-electron chi connectivity index (χ0n) is 13.7. The summed E-state index contributed by atoms with van der Waals surface area (Å²) in [5, 5.41) is 8.92. The van der Waals surface area contributed by atoms with Crippen LogP contribution < -0.4 is 5.73 Å². The van der Waals surface area contributed by atoms with Crippen molar-refractivity contribution in [3.05, 3.63) is 59.7 Å². The average molecular weight is 327 g/mol. The average Bonchev–Trinajstić information content (AvgIpc) is 2.54. The van der Waals surface area contributed by atoms with Gasteiger partial charge in [-0.3, -0.25) is 4.79 Å². The van der Waals surface area contributed by atoms with Crippen molar-refractivity contribution in [1.82, 2.24) is 0 Å². The molecular weight excluding hydrogens is 306 g/mol. The number of rotatable bonds is 6. The van der Waals surface area contributed by atoms with Crippen LogP contribution in [0.25, 0.3) is 11.1 Å². The fourth-order valence-electron chi connectivity index (χ4n) is 2.33. The highest BCUT2D eigenvalue weighted by Gasteiger charge is 2.13. The molecule has 0 aliphatic heterocycles. The lowest BCUT2D eigenvalue weighted by Crippen LogP contribution is -2.32. The number of hydrogen-bond acceptors (Lipinski definition) is 4. The molecular formula is C19H21NO4. The highest BCUT2D eigenvalue weighted by atomic mass is 16.5. The molecule has 0 aliphatic rings. The van der Waals surface area contributed by atoms with Crippen molar-refractivity contribution in [2.24, 2.45) is 5.73 Å². The van der Waals surface area contributed by atoms with Crippen LogP contribution in [-0.4, -0.2) is 29.2 Å². The van der Waals surface area contributed by atoms with E-state index in [0.29, 0.717) is 5.56 Å². The largest absolute Gasteiger partial charge is 0.480 e. The van der Waals surface area contributed by atoms with E-state index in [4.69, 9.17) is 15.6 Å². The molecule has 0 saturated carbocycles. The van der Waals surface area contributed by atoms with Gasteiger partial charge in [-0.2, -0.15) is 0 Å². The molecule has 24 heavy (non-hydrogen) atoms. The van der Waals surface area contributed by atoms with E-state index in [9.17, 15) is 9.59 Å². The van der Waals surface area contributed by atoms with Crippen LogP contribution in [0.15, 0.2) is 48.5 Å². The minimum Gasteiger partial charge on any atom is -0.480 e. The van der Waals surface area contributed by atoms with E-state index < -0.39 is 12.0 Å². The number of hydrogen-bond donors (Lipinski definition) is 2. The van der Waals surface area contributed by atoms with Gasteiger partial charge in [0.2, 0.25) is 0 Å². The van der Waals surface area contributed by atoms with Crippen molar-refractivity contribution >= 4 is 11.9 Å². The van der Waals surface area contributed by atoms with Crippen LogP contribution in [-0.2, 0) is 16.0 Å².